The van der Waals surface area contributed by atoms with Gasteiger partial charge in [-0.05, 0) is 72.8 Å². The number of benzene rings is 8. The Hall–Kier alpha value is -7.83. The summed E-state index contributed by atoms with van der Waals surface area (Å²) < 4.78 is 8.91. The van der Waals surface area contributed by atoms with Gasteiger partial charge >= 0.3 is 0 Å². The molecule has 0 aliphatic rings. The van der Waals surface area contributed by atoms with Gasteiger partial charge in [0.1, 0.15) is 11.2 Å². The summed E-state index contributed by atoms with van der Waals surface area (Å²) in [4.78, 5) is 17.1. The second kappa shape index (κ2) is 13.5. The van der Waals surface area contributed by atoms with Crippen LogP contribution in [0.25, 0.3) is 83.6 Å². The zero-order valence-corrected chi connectivity index (χ0v) is 30.7. The molecule has 3 aromatic heterocycles. The van der Waals surface area contributed by atoms with Crippen LogP contribution in [0, 0.1) is 0 Å². The largest absolute Gasteiger partial charge is 0.456 e. The van der Waals surface area contributed by atoms with Crippen molar-refractivity contribution in [3.05, 3.63) is 200 Å². The first-order valence-corrected chi connectivity index (χ1v) is 19.0. The van der Waals surface area contributed by atoms with Gasteiger partial charge in [-0.25, -0.2) is 15.0 Å². The lowest BCUT2D eigenvalue weighted by Crippen LogP contribution is -2.10. The summed E-state index contributed by atoms with van der Waals surface area (Å²) in [6.07, 6.45) is 0. The molecule has 0 amide bonds. The van der Waals surface area contributed by atoms with Gasteiger partial charge in [0.15, 0.2) is 17.5 Å². The summed E-state index contributed by atoms with van der Waals surface area (Å²) >= 11 is 0. The number of hydrogen-bond donors (Lipinski definition) is 0. The van der Waals surface area contributed by atoms with E-state index in [1.807, 2.05) is 66.7 Å². The molecule has 0 radical (unpaired) electrons. The molecule has 3 heterocycles. The molecule has 0 aliphatic heterocycles. The number of hydrogen-bond acceptors (Lipinski definition) is 5. The van der Waals surface area contributed by atoms with Crippen LogP contribution < -0.4 is 4.90 Å². The number of para-hydroxylation sites is 3. The first kappa shape index (κ1) is 32.6. The van der Waals surface area contributed by atoms with E-state index in [2.05, 4.69) is 143 Å². The van der Waals surface area contributed by atoms with Crippen molar-refractivity contribution in [2.45, 2.75) is 0 Å². The highest BCUT2D eigenvalue weighted by Gasteiger charge is 2.20. The number of anilines is 3. The summed E-state index contributed by atoms with van der Waals surface area (Å²) in [5, 5.41) is 4.48. The van der Waals surface area contributed by atoms with Crippen LogP contribution >= 0.6 is 0 Å². The predicted molar refractivity (Wildman–Crippen MR) is 232 cm³/mol. The molecule has 8 aromatic carbocycles. The Kier molecular flexibility index (Phi) is 7.71. The van der Waals surface area contributed by atoms with Gasteiger partial charge < -0.3 is 13.9 Å². The number of furan rings is 1. The Morgan fingerprint density at radius 3 is 1.60 bits per heavy atom. The number of rotatable bonds is 7. The molecular weight excluding hydrogens is 699 g/mol. The lowest BCUT2D eigenvalue weighted by atomic mass is 10.1. The molecule has 57 heavy (non-hydrogen) atoms. The highest BCUT2D eigenvalue weighted by atomic mass is 16.3. The van der Waals surface area contributed by atoms with Gasteiger partial charge in [-0.1, -0.05) is 127 Å². The van der Waals surface area contributed by atoms with E-state index in [0.717, 1.165) is 66.9 Å². The Balaban J connectivity index is 1.05. The number of aromatic nitrogens is 4. The van der Waals surface area contributed by atoms with Crippen molar-refractivity contribution in [2.24, 2.45) is 0 Å². The van der Waals surface area contributed by atoms with Gasteiger partial charge in [0.25, 0.3) is 0 Å². The molecule has 0 N–H and O–H groups in total. The first-order chi connectivity index (χ1) is 28.2. The average molecular weight is 732 g/mol. The minimum atomic E-state index is 0.587. The SMILES string of the molecule is c1ccc(-c2nc(-c3ccccc3)nc(-c3ccc4c(c3)oc3ccc(N(c5ccccc5)c5ccc6c7ccccc7n(-c7ccccc7)c6c5)cc34)n2)cc1. The molecule has 6 heteroatoms. The van der Waals surface area contributed by atoms with Crippen LogP contribution in [0.2, 0.25) is 0 Å². The molecule has 11 aromatic rings. The van der Waals surface area contributed by atoms with Crippen molar-refractivity contribution < 1.29 is 4.42 Å². The van der Waals surface area contributed by atoms with E-state index in [-0.39, 0.29) is 0 Å². The number of nitrogens with zero attached hydrogens (tertiary/aromatic N) is 5. The molecule has 0 unspecified atom stereocenters. The lowest BCUT2D eigenvalue weighted by Gasteiger charge is -2.26. The van der Waals surface area contributed by atoms with Crippen molar-refractivity contribution in [3.8, 4) is 39.9 Å². The van der Waals surface area contributed by atoms with Gasteiger partial charge in [-0.3, -0.25) is 0 Å². The van der Waals surface area contributed by atoms with E-state index in [0.29, 0.717) is 17.5 Å². The molecule has 0 saturated heterocycles. The normalized spacial score (nSPS) is 11.5. The zero-order chi connectivity index (χ0) is 37.7. The van der Waals surface area contributed by atoms with E-state index in [9.17, 15) is 0 Å². The van der Waals surface area contributed by atoms with Gasteiger partial charge in [-0.15, -0.1) is 0 Å². The Bertz CT molecular complexity index is 3170. The minimum Gasteiger partial charge on any atom is -0.456 e. The maximum atomic E-state index is 6.55. The Morgan fingerprint density at radius 1 is 0.351 bits per heavy atom. The van der Waals surface area contributed by atoms with Crippen molar-refractivity contribution in [2.75, 3.05) is 4.90 Å². The molecule has 268 valence electrons. The van der Waals surface area contributed by atoms with Crippen LogP contribution in [0.3, 0.4) is 0 Å². The molecular formula is C51H33N5O. The molecule has 11 rings (SSSR count). The first-order valence-electron chi connectivity index (χ1n) is 19.0. The molecule has 0 spiro atoms. The van der Waals surface area contributed by atoms with Crippen molar-refractivity contribution in [1.82, 2.24) is 19.5 Å². The second-order valence-corrected chi connectivity index (χ2v) is 14.1. The van der Waals surface area contributed by atoms with Gasteiger partial charge in [0, 0.05) is 61.0 Å². The van der Waals surface area contributed by atoms with Gasteiger partial charge in [0.2, 0.25) is 0 Å². The maximum absolute atomic E-state index is 6.55. The summed E-state index contributed by atoms with van der Waals surface area (Å²) in [7, 11) is 0. The lowest BCUT2D eigenvalue weighted by molar-refractivity contribution is 0.669. The van der Waals surface area contributed by atoms with Gasteiger partial charge in [-0.2, -0.15) is 0 Å². The van der Waals surface area contributed by atoms with Crippen molar-refractivity contribution in [1.29, 1.82) is 0 Å². The van der Waals surface area contributed by atoms with Crippen LogP contribution in [-0.2, 0) is 0 Å². The molecule has 0 saturated carbocycles. The molecule has 6 nitrogen and oxygen atoms in total. The van der Waals surface area contributed by atoms with Crippen molar-refractivity contribution >= 4 is 60.8 Å². The maximum Gasteiger partial charge on any atom is 0.164 e. The van der Waals surface area contributed by atoms with Crippen LogP contribution in [0.1, 0.15) is 0 Å². The fourth-order valence-electron chi connectivity index (χ4n) is 7.96. The third-order valence-corrected chi connectivity index (χ3v) is 10.6. The third-order valence-electron chi connectivity index (χ3n) is 10.6. The summed E-state index contributed by atoms with van der Waals surface area (Å²) in [5.41, 5.74) is 10.9. The second-order valence-electron chi connectivity index (χ2n) is 14.1. The fourth-order valence-corrected chi connectivity index (χ4v) is 7.96. The molecule has 0 atom stereocenters. The van der Waals surface area contributed by atoms with E-state index in [1.165, 1.54) is 16.3 Å². The monoisotopic (exact) mass is 731 g/mol. The highest BCUT2D eigenvalue weighted by Crippen LogP contribution is 2.42. The Labute approximate surface area is 328 Å². The number of fused-ring (bicyclic) bond motifs is 6. The fraction of sp³-hybridized carbons (Fsp3) is 0. The van der Waals surface area contributed by atoms with E-state index >= 15 is 0 Å². The third kappa shape index (κ3) is 5.70. The summed E-state index contributed by atoms with van der Waals surface area (Å²) in [5.74, 6) is 1.83. The van der Waals surface area contributed by atoms with E-state index < -0.39 is 0 Å². The van der Waals surface area contributed by atoms with Crippen molar-refractivity contribution in [3.63, 3.8) is 0 Å². The molecule has 0 bridgehead atoms. The molecule has 0 fully saturated rings. The van der Waals surface area contributed by atoms with Crippen LogP contribution in [-0.4, -0.2) is 19.5 Å². The average Bonchev–Trinajstić information content (AvgIpc) is 3.82. The quantitative estimate of drug-likeness (QED) is 0.163. The highest BCUT2D eigenvalue weighted by molar-refractivity contribution is 6.11. The van der Waals surface area contributed by atoms with Crippen LogP contribution in [0.15, 0.2) is 205 Å². The zero-order valence-electron chi connectivity index (χ0n) is 30.7. The summed E-state index contributed by atoms with van der Waals surface area (Å²) in [6.45, 7) is 0. The van der Waals surface area contributed by atoms with E-state index in [4.69, 9.17) is 19.4 Å². The predicted octanol–water partition coefficient (Wildman–Crippen LogP) is 13.3. The standard InChI is InChI=1S/C51H33N5O/c1-5-15-34(16-6-1)49-52-50(35-17-7-2-8-18-35)54-51(53-49)36-25-28-43-44-32-39(27-30-47(44)57-48(43)31-36)55(37-19-9-3-10-20-37)40-26-29-42-41-23-13-14-24-45(41)56(46(42)33-40)38-21-11-4-12-22-38/h1-33H. The van der Waals surface area contributed by atoms with E-state index in [1.54, 1.807) is 0 Å². The minimum absolute atomic E-state index is 0.587. The smallest absolute Gasteiger partial charge is 0.164 e. The molecule has 0 aliphatic carbocycles. The van der Waals surface area contributed by atoms with Crippen LogP contribution in [0.4, 0.5) is 17.1 Å². The van der Waals surface area contributed by atoms with Crippen LogP contribution in [0.5, 0.6) is 0 Å². The summed E-state index contributed by atoms with van der Waals surface area (Å²) in [6, 6.07) is 69.3. The Morgan fingerprint density at radius 2 is 0.895 bits per heavy atom. The van der Waals surface area contributed by atoms with Gasteiger partial charge in [0.05, 0.1) is 11.0 Å². The topological polar surface area (TPSA) is 60.0 Å².